The van der Waals surface area contributed by atoms with Crippen LogP contribution in [0.5, 0.6) is 0 Å². The van der Waals surface area contributed by atoms with Crippen molar-refractivity contribution in [1.82, 2.24) is 5.32 Å². The summed E-state index contributed by atoms with van der Waals surface area (Å²) in [4.78, 5) is 23.9. The number of benzene rings is 1. The number of sulfone groups is 1. The second kappa shape index (κ2) is 5.88. The summed E-state index contributed by atoms with van der Waals surface area (Å²) in [6.45, 7) is 6.99. The summed E-state index contributed by atoms with van der Waals surface area (Å²) in [5.41, 5.74) is -0.528. The molecule has 1 N–H and O–H groups in total. The smallest absolute Gasteiger partial charge is 0.408 e. The van der Waals surface area contributed by atoms with Crippen molar-refractivity contribution in [2.24, 2.45) is 0 Å². The Balaban J connectivity index is 2.36. The third kappa shape index (κ3) is 3.61. The van der Waals surface area contributed by atoms with Gasteiger partial charge < -0.3 is 14.8 Å². The van der Waals surface area contributed by atoms with Crippen LogP contribution in [-0.4, -0.2) is 43.4 Å². The summed E-state index contributed by atoms with van der Waals surface area (Å²) in [5.74, 6) is -0.627. The van der Waals surface area contributed by atoms with Crippen molar-refractivity contribution in [3.8, 4) is 0 Å². The first-order valence-electron chi connectivity index (χ1n) is 7.63. The highest BCUT2D eigenvalue weighted by molar-refractivity contribution is 7.91. The van der Waals surface area contributed by atoms with Gasteiger partial charge in [-0.2, -0.15) is 0 Å². The zero-order valence-corrected chi connectivity index (χ0v) is 15.3. The zero-order chi connectivity index (χ0) is 18.3. The summed E-state index contributed by atoms with van der Waals surface area (Å²) in [6, 6.07) is 7.24. The fourth-order valence-corrected chi connectivity index (χ4v) is 4.77. The first-order valence-corrected chi connectivity index (χ1v) is 9.59. The molecule has 0 bridgehead atoms. The molecule has 2 rings (SSSR count). The summed E-state index contributed by atoms with van der Waals surface area (Å²) in [5, 5.41) is 1.48. The SMILES string of the molecule is Cc1ccc([C@@H]2[C@H](S(C)(=O)=O)[C@@]2(C=O)NC(=O)OC(C)(C)C)cc1. The molecule has 6 nitrogen and oxygen atoms in total. The van der Waals surface area contributed by atoms with Crippen molar-refractivity contribution in [3.63, 3.8) is 0 Å². The molecule has 0 unspecified atom stereocenters. The van der Waals surface area contributed by atoms with Gasteiger partial charge in [0.15, 0.2) is 9.84 Å². The van der Waals surface area contributed by atoms with Gasteiger partial charge in [0.25, 0.3) is 0 Å². The first kappa shape index (κ1) is 18.4. The molecule has 1 aromatic rings. The van der Waals surface area contributed by atoms with Crippen molar-refractivity contribution >= 4 is 22.2 Å². The fraction of sp³-hybridized carbons (Fsp3) is 0.529. The molecular weight excluding hydrogens is 330 g/mol. The zero-order valence-electron chi connectivity index (χ0n) is 14.5. The van der Waals surface area contributed by atoms with Gasteiger partial charge in [-0.1, -0.05) is 29.8 Å². The van der Waals surface area contributed by atoms with Crippen LogP contribution < -0.4 is 5.32 Å². The molecule has 1 aliphatic carbocycles. The van der Waals surface area contributed by atoms with Gasteiger partial charge in [0, 0.05) is 12.2 Å². The predicted molar refractivity (Wildman–Crippen MR) is 90.7 cm³/mol. The summed E-state index contributed by atoms with van der Waals surface area (Å²) in [7, 11) is -3.55. The topological polar surface area (TPSA) is 89.5 Å². The Kier molecular flexibility index (Phi) is 4.52. The minimum Gasteiger partial charge on any atom is -0.444 e. The highest BCUT2D eigenvalue weighted by Crippen LogP contribution is 2.54. The van der Waals surface area contributed by atoms with E-state index in [9.17, 15) is 18.0 Å². The average molecular weight is 353 g/mol. The highest BCUT2D eigenvalue weighted by Gasteiger charge is 2.71. The van der Waals surface area contributed by atoms with Crippen LogP contribution in [0.4, 0.5) is 4.79 Å². The average Bonchev–Trinajstić information content (AvgIpc) is 3.06. The van der Waals surface area contributed by atoms with Gasteiger partial charge in [-0.05, 0) is 33.3 Å². The van der Waals surface area contributed by atoms with Crippen LogP contribution in [-0.2, 0) is 19.4 Å². The van der Waals surface area contributed by atoms with Crippen molar-refractivity contribution in [2.45, 2.75) is 50.0 Å². The second-order valence-corrected chi connectivity index (χ2v) is 9.48. The molecular formula is C17H23NO5S. The maximum atomic E-state index is 12.1. The van der Waals surface area contributed by atoms with E-state index < -0.39 is 38.2 Å². The molecule has 1 aromatic carbocycles. The van der Waals surface area contributed by atoms with Gasteiger partial charge in [-0.15, -0.1) is 0 Å². The Morgan fingerprint density at radius 1 is 1.25 bits per heavy atom. The molecule has 132 valence electrons. The fourth-order valence-electron chi connectivity index (χ4n) is 3.00. The Morgan fingerprint density at radius 3 is 2.21 bits per heavy atom. The number of amides is 1. The van der Waals surface area contributed by atoms with E-state index in [1.54, 1.807) is 32.9 Å². The number of carbonyl (C=O) groups excluding carboxylic acids is 2. The highest BCUT2D eigenvalue weighted by atomic mass is 32.2. The molecule has 0 aromatic heterocycles. The molecule has 3 atom stereocenters. The third-order valence-corrected chi connectivity index (χ3v) is 5.57. The van der Waals surface area contributed by atoms with Crippen LogP contribution >= 0.6 is 0 Å². The molecule has 0 spiro atoms. The third-order valence-electron chi connectivity index (χ3n) is 3.99. The Hall–Kier alpha value is -1.89. The van der Waals surface area contributed by atoms with Crippen LogP contribution in [0, 0.1) is 6.92 Å². The van der Waals surface area contributed by atoms with E-state index in [1.165, 1.54) is 0 Å². The minimum atomic E-state index is -3.55. The molecule has 0 heterocycles. The van der Waals surface area contributed by atoms with Crippen LogP contribution in [0.2, 0.25) is 0 Å². The molecule has 7 heteroatoms. The largest absolute Gasteiger partial charge is 0.444 e. The second-order valence-electron chi connectivity index (χ2n) is 7.32. The number of aldehydes is 1. The van der Waals surface area contributed by atoms with Crippen molar-refractivity contribution < 1.29 is 22.7 Å². The Bertz CT molecular complexity index is 748. The number of rotatable bonds is 4. The number of carbonyl (C=O) groups is 2. The van der Waals surface area contributed by atoms with Gasteiger partial charge in [-0.25, -0.2) is 13.2 Å². The molecule has 0 saturated heterocycles. The number of alkyl carbamates (subject to hydrolysis) is 1. The van der Waals surface area contributed by atoms with E-state index in [0.717, 1.165) is 11.8 Å². The predicted octanol–water partition coefficient (Wildman–Crippen LogP) is 1.97. The summed E-state index contributed by atoms with van der Waals surface area (Å²) < 4.78 is 29.4. The van der Waals surface area contributed by atoms with E-state index in [1.807, 2.05) is 19.1 Å². The lowest BCUT2D eigenvalue weighted by atomic mass is 10.1. The minimum absolute atomic E-state index is 0.507. The van der Waals surface area contributed by atoms with Crippen LogP contribution in [0.15, 0.2) is 24.3 Å². The number of ether oxygens (including phenoxy) is 1. The lowest BCUT2D eigenvalue weighted by Crippen LogP contribution is -2.45. The van der Waals surface area contributed by atoms with E-state index in [2.05, 4.69) is 5.32 Å². The van der Waals surface area contributed by atoms with E-state index in [-0.39, 0.29) is 0 Å². The Labute approximate surface area is 142 Å². The van der Waals surface area contributed by atoms with Crippen molar-refractivity contribution in [3.05, 3.63) is 35.4 Å². The molecule has 0 aliphatic heterocycles. The number of nitrogens with one attached hydrogen (secondary N) is 1. The molecule has 1 aliphatic rings. The van der Waals surface area contributed by atoms with E-state index in [4.69, 9.17) is 4.74 Å². The van der Waals surface area contributed by atoms with Gasteiger partial charge in [0.05, 0.1) is 0 Å². The normalized spacial score (nSPS) is 26.5. The van der Waals surface area contributed by atoms with Gasteiger partial charge in [-0.3, -0.25) is 0 Å². The number of aryl methyl sites for hydroxylation is 1. The first-order chi connectivity index (χ1) is 10.9. The quantitative estimate of drug-likeness (QED) is 0.836. The molecule has 0 radical (unpaired) electrons. The van der Waals surface area contributed by atoms with Crippen LogP contribution in [0.25, 0.3) is 0 Å². The summed E-state index contributed by atoms with van der Waals surface area (Å²) >= 11 is 0. The maximum Gasteiger partial charge on any atom is 0.408 e. The number of hydrogen-bond acceptors (Lipinski definition) is 5. The van der Waals surface area contributed by atoms with E-state index >= 15 is 0 Å². The number of hydrogen-bond donors (Lipinski definition) is 1. The van der Waals surface area contributed by atoms with Gasteiger partial charge in [0.2, 0.25) is 0 Å². The summed E-state index contributed by atoms with van der Waals surface area (Å²) in [6.07, 6.45) is 0.770. The van der Waals surface area contributed by atoms with E-state index in [0.29, 0.717) is 11.8 Å². The molecule has 1 saturated carbocycles. The van der Waals surface area contributed by atoms with Gasteiger partial charge >= 0.3 is 6.09 Å². The van der Waals surface area contributed by atoms with Crippen molar-refractivity contribution in [2.75, 3.05) is 6.26 Å². The van der Waals surface area contributed by atoms with Gasteiger partial charge in [0.1, 0.15) is 22.7 Å². The molecule has 1 fully saturated rings. The Morgan fingerprint density at radius 2 is 1.79 bits per heavy atom. The lowest BCUT2D eigenvalue weighted by molar-refractivity contribution is -0.110. The monoisotopic (exact) mass is 353 g/mol. The van der Waals surface area contributed by atoms with Crippen molar-refractivity contribution in [1.29, 1.82) is 0 Å². The maximum absolute atomic E-state index is 12.1. The molecule has 24 heavy (non-hydrogen) atoms. The lowest BCUT2D eigenvalue weighted by Gasteiger charge is -2.22. The molecule has 1 amide bonds. The van der Waals surface area contributed by atoms with Crippen LogP contribution in [0.1, 0.15) is 37.8 Å². The van der Waals surface area contributed by atoms with Crippen LogP contribution in [0.3, 0.4) is 0 Å². The standard InChI is InChI=1S/C17H23NO5S/c1-11-6-8-12(9-7-11)13-14(24(5,21)22)17(13,10-19)18-15(20)23-16(2,3)4/h6-10,13-14H,1-5H3,(H,18,20)/t13-,14+,17+/m1/s1.